The van der Waals surface area contributed by atoms with Gasteiger partial charge in [-0.1, -0.05) is 11.6 Å². The molecule has 94 valence electrons. The third-order valence-corrected chi connectivity index (χ3v) is 2.68. The van der Waals surface area contributed by atoms with Gasteiger partial charge in [-0.05, 0) is 12.1 Å². The highest BCUT2D eigenvalue weighted by molar-refractivity contribution is 6.31. The molecule has 0 aliphatic carbocycles. The number of oxazole rings is 1. The fourth-order valence-electron chi connectivity index (χ4n) is 1.57. The number of hydrogen-bond acceptors (Lipinski definition) is 5. The van der Waals surface area contributed by atoms with Crippen LogP contribution in [0.25, 0.3) is 22.6 Å². The topological polar surface area (TPSA) is 89.1 Å². The van der Waals surface area contributed by atoms with Crippen LogP contribution in [0.3, 0.4) is 0 Å². The molecule has 7 heteroatoms. The number of rotatable bonds is 2. The van der Waals surface area contributed by atoms with Gasteiger partial charge in [0, 0.05) is 23.5 Å². The number of carbonyl (C=O) groups is 1. The minimum atomic E-state index is -1.18. The number of aromatic nitrogens is 3. The van der Waals surface area contributed by atoms with Crippen molar-refractivity contribution < 1.29 is 14.3 Å². The molecule has 0 radical (unpaired) electrons. The molecule has 0 amide bonds. The Hall–Kier alpha value is -2.47. The Balaban J connectivity index is 2.06. The molecule has 0 fully saturated rings. The zero-order valence-electron chi connectivity index (χ0n) is 9.37. The molecule has 3 aromatic rings. The summed E-state index contributed by atoms with van der Waals surface area (Å²) in [6.45, 7) is 0. The smallest absolute Gasteiger partial charge is 0.373 e. The normalized spacial score (nSPS) is 10.8. The Labute approximate surface area is 111 Å². The molecule has 3 rings (SSSR count). The number of benzene rings is 1. The van der Waals surface area contributed by atoms with E-state index in [1.165, 1.54) is 12.4 Å². The molecule has 0 unspecified atom stereocenters. The van der Waals surface area contributed by atoms with Crippen LogP contribution in [0.2, 0.25) is 5.02 Å². The van der Waals surface area contributed by atoms with Gasteiger partial charge in [-0.15, -0.1) is 0 Å². The Morgan fingerprint density at radius 2 is 2.00 bits per heavy atom. The second kappa shape index (κ2) is 4.33. The van der Waals surface area contributed by atoms with Crippen LogP contribution in [0.15, 0.2) is 35.0 Å². The van der Waals surface area contributed by atoms with E-state index in [-0.39, 0.29) is 5.82 Å². The minimum Gasteiger partial charge on any atom is -0.475 e. The van der Waals surface area contributed by atoms with Crippen molar-refractivity contribution in [1.82, 2.24) is 15.0 Å². The first-order valence-electron chi connectivity index (χ1n) is 5.25. The van der Waals surface area contributed by atoms with Crippen LogP contribution in [-0.4, -0.2) is 26.0 Å². The summed E-state index contributed by atoms with van der Waals surface area (Å²) in [6, 6.07) is 5.09. The summed E-state index contributed by atoms with van der Waals surface area (Å²) in [7, 11) is 0. The van der Waals surface area contributed by atoms with E-state index < -0.39 is 5.97 Å². The summed E-state index contributed by atoms with van der Waals surface area (Å²) in [5, 5.41) is 9.26. The number of carboxylic acids is 1. The van der Waals surface area contributed by atoms with Crippen molar-refractivity contribution >= 4 is 28.7 Å². The molecule has 0 bridgehead atoms. The molecule has 2 aromatic heterocycles. The first-order chi connectivity index (χ1) is 9.13. The molecular weight excluding hydrogens is 270 g/mol. The molecule has 0 aliphatic heterocycles. The number of halogens is 1. The van der Waals surface area contributed by atoms with Gasteiger partial charge >= 0.3 is 5.97 Å². The fourth-order valence-corrected chi connectivity index (χ4v) is 1.73. The fraction of sp³-hybridized carbons (Fsp3) is 0. The summed E-state index contributed by atoms with van der Waals surface area (Å²) in [6.07, 6.45) is 2.70. The predicted molar refractivity (Wildman–Crippen MR) is 67.0 cm³/mol. The summed E-state index contributed by atoms with van der Waals surface area (Å²) < 4.78 is 5.51. The highest BCUT2D eigenvalue weighted by atomic mass is 35.5. The summed E-state index contributed by atoms with van der Waals surface area (Å²) in [5.41, 5.74) is 1.70. The Bertz CT molecular complexity index is 767. The van der Waals surface area contributed by atoms with Gasteiger partial charge < -0.3 is 9.52 Å². The van der Waals surface area contributed by atoms with Crippen molar-refractivity contribution in [2.24, 2.45) is 0 Å². The van der Waals surface area contributed by atoms with Crippen molar-refractivity contribution in [2.75, 3.05) is 0 Å². The molecule has 6 nitrogen and oxygen atoms in total. The van der Waals surface area contributed by atoms with Crippen molar-refractivity contribution in [3.05, 3.63) is 41.4 Å². The third kappa shape index (κ3) is 2.13. The Morgan fingerprint density at radius 1 is 1.26 bits per heavy atom. The maximum atomic E-state index is 10.6. The van der Waals surface area contributed by atoms with E-state index in [2.05, 4.69) is 15.0 Å². The van der Waals surface area contributed by atoms with Gasteiger partial charge in [-0.3, -0.25) is 0 Å². The van der Waals surface area contributed by atoms with Crippen molar-refractivity contribution in [2.45, 2.75) is 0 Å². The van der Waals surface area contributed by atoms with E-state index >= 15 is 0 Å². The van der Waals surface area contributed by atoms with Crippen LogP contribution >= 0.6 is 11.6 Å². The monoisotopic (exact) mass is 275 g/mol. The molecule has 1 N–H and O–H groups in total. The lowest BCUT2D eigenvalue weighted by molar-refractivity contribution is 0.0683. The lowest BCUT2D eigenvalue weighted by atomic mass is 10.3. The Kier molecular flexibility index (Phi) is 2.64. The molecule has 0 spiro atoms. The predicted octanol–water partition coefficient (Wildman–Crippen LogP) is 2.64. The van der Waals surface area contributed by atoms with Crippen LogP contribution in [-0.2, 0) is 0 Å². The molecule has 0 atom stereocenters. The minimum absolute atomic E-state index is 0.275. The summed E-state index contributed by atoms with van der Waals surface area (Å²) in [4.78, 5) is 22.3. The van der Waals surface area contributed by atoms with Crippen molar-refractivity contribution in [1.29, 1.82) is 0 Å². The van der Waals surface area contributed by atoms with Gasteiger partial charge in [-0.25, -0.2) is 19.7 Å². The Morgan fingerprint density at radius 3 is 2.68 bits per heavy atom. The average molecular weight is 276 g/mol. The van der Waals surface area contributed by atoms with E-state index in [4.69, 9.17) is 21.1 Å². The van der Waals surface area contributed by atoms with Crippen LogP contribution < -0.4 is 0 Å². The highest BCUT2D eigenvalue weighted by Gasteiger charge is 2.11. The first-order valence-corrected chi connectivity index (χ1v) is 5.63. The number of carboxylic acid groups (broad SMARTS) is 1. The largest absolute Gasteiger partial charge is 0.475 e. The van der Waals surface area contributed by atoms with Crippen LogP contribution in [0.1, 0.15) is 10.6 Å². The van der Waals surface area contributed by atoms with Gasteiger partial charge in [0.25, 0.3) is 0 Å². The second-order valence-electron chi connectivity index (χ2n) is 3.73. The van der Waals surface area contributed by atoms with Crippen LogP contribution in [0.5, 0.6) is 0 Å². The highest BCUT2D eigenvalue weighted by Crippen LogP contribution is 2.25. The van der Waals surface area contributed by atoms with Crippen LogP contribution in [0, 0.1) is 0 Å². The van der Waals surface area contributed by atoms with Gasteiger partial charge in [0.05, 0.1) is 5.56 Å². The molecule has 0 aliphatic rings. The molecule has 19 heavy (non-hydrogen) atoms. The van der Waals surface area contributed by atoms with E-state index in [0.29, 0.717) is 27.6 Å². The standard InChI is InChI=1S/C12H6ClN3O3/c13-7-1-2-8-9(3-7)19-11(16-8)6-4-14-10(12(17)18)15-5-6/h1-5H,(H,17,18). The van der Waals surface area contributed by atoms with E-state index in [1.807, 2.05) is 0 Å². The van der Waals surface area contributed by atoms with Gasteiger partial charge in [0.1, 0.15) is 5.52 Å². The molecular formula is C12H6ClN3O3. The maximum Gasteiger partial charge on any atom is 0.373 e. The molecule has 2 heterocycles. The van der Waals surface area contributed by atoms with E-state index in [9.17, 15) is 4.79 Å². The number of aromatic carboxylic acids is 1. The third-order valence-electron chi connectivity index (χ3n) is 2.44. The molecule has 1 aromatic carbocycles. The van der Waals surface area contributed by atoms with Gasteiger partial charge in [-0.2, -0.15) is 0 Å². The second-order valence-corrected chi connectivity index (χ2v) is 4.17. The zero-order valence-corrected chi connectivity index (χ0v) is 10.1. The van der Waals surface area contributed by atoms with Gasteiger partial charge in [0.15, 0.2) is 5.58 Å². The lowest BCUT2D eigenvalue weighted by Crippen LogP contribution is -2.03. The number of hydrogen-bond donors (Lipinski definition) is 1. The molecule has 0 saturated carbocycles. The number of fused-ring (bicyclic) bond motifs is 1. The zero-order chi connectivity index (χ0) is 13.4. The number of nitrogens with zero attached hydrogens (tertiary/aromatic N) is 3. The summed E-state index contributed by atoms with van der Waals surface area (Å²) in [5.74, 6) is -1.15. The summed E-state index contributed by atoms with van der Waals surface area (Å²) >= 11 is 5.85. The first kappa shape index (κ1) is 11.6. The van der Waals surface area contributed by atoms with Crippen LogP contribution in [0.4, 0.5) is 0 Å². The van der Waals surface area contributed by atoms with Gasteiger partial charge in [0.2, 0.25) is 11.7 Å². The van der Waals surface area contributed by atoms with E-state index in [0.717, 1.165) is 0 Å². The SMILES string of the molecule is O=C(O)c1ncc(-c2nc3ccc(Cl)cc3o2)cn1. The lowest BCUT2D eigenvalue weighted by Gasteiger charge is -1.94. The van der Waals surface area contributed by atoms with E-state index in [1.54, 1.807) is 18.2 Å². The van der Waals surface area contributed by atoms with Crippen molar-refractivity contribution in [3.8, 4) is 11.5 Å². The maximum absolute atomic E-state index is 10.6. The average Bonchev–Trinajstić information content (AvgIpc) is 2.81. The van der Waals surface area contributed by atoms with Crippen molar-refractivity contribution in [3.63, 3.8) is 0 Å². The molecule has 0 saturated heterocycles. The quantitative estimate of drug-likeness (QED) is 0.773.